The summed E-state index contributed by atoms with van der Waals surface area (Å²) in [6.07, 6.45) is 1.10. The van der Waals surface area contributed by atoms with E-state index in [2.05, 4.69) is 14.8 Å². The van der Waals surface area contributed by atoms with Crippen LogP contribution in [-0.2, 0) is 20.0 Å². The summed E-state index contributed by atoms with van der Waals surface area (Å²) in [4.78, 5) is 14.1. The van der Waals surface area contributed by atoms with E-state index in [4.69, 9.17) is 0 Å². The van der Waals surface area contributed by atoms with E-state index in [9.17, 15) is 21.6 Å². The summed E-state index contributed by atoms with van der Waals surface area (Å²) >= 11 is 0. The second-order valence-electron chi connectivity index (χ2n) is 8.70. The molecule has 1 heterocycles. The zero-order chi connectivity index (χ0) is 22.7. The van der Waals surface area contributed by atoms with Crippen LogP contribution >= 0.6 is 0 Å². The molecule has 0 radical (unpaired) electrons. The Morgan fingerprint density at radius 2 is 1.50 bits per heavy atom. The van der Waals surface area contributed by atoms with Crippen molar-refractivity contribution in [2.24, 2.45) is 0 Å². The Labute approximate surface area is 179 Å². The van der Waals surface area contributed by atoms with Crippen LogP contribution in [0, 0.1) is 0 Å². The minimum Gasteiger partial charge on any atom is -0.324 e. The number of hydrogen-bond donors (Lipinski definition) is 3. The first-order valence-electron chi connectivity index (χ1n) is 9.91. The second kappa shape index (κ2) is 9.11. The summed E-state index contributed by atoms with van der Waals surface area (Å²) < 4.78 is 52.7. The number of amides is 2. The molecule has 0 atom stereocenters. The Kier molecular flexibility index (Phi) is 7.41. The number of nitrogens with one attached hydrogen (secondary N) is 3. The molecule has 1 aliphatic rings. The van der Waals surface area contributed by atoms with Crippen LogP contribution in [0.3, 0.4) is 0 Å². The van der Waals surface area contributed by atoms with Gasteiger partial charge in [0.2, 0.25) is 20.0 Å². The topological polar surface area (TPSA) is 125 Å². The van der Waals surface area contributed by atoms with Gasteiger partial charge in [0.1, 0.15) is 0 Å². The van der Waals surface area contributed by atoms with Crippen LogP contribution in [0.4, 0.5) is 16.2 Å². The van der Waals surface area contributed by atoms with E-state index >= 15 is 0 Å². The average molecular weight is 461 g/mol. The zero-order valence-electron chi connectivity index (χ0n) is 18.1. The molecule has 9 nitrogen and oxygen atoms in total. The van der Waals surface area contributed by atoms with E-state index < -0.39 is 30.0 Å². The van der Waals surface area contributed by atoms with Crippen molar-refractivity contribution in [2.75, 3.05) is 23.1 Å². The van der Waals surface area contributed by atoms with Gasteiger partial charge in [0.15, 0.2) is 0 Å². The highest BCUT2D eigenvalue weighted by Crippen LogP contribution is 2.21. The third-order valence-electron chi connectivity index (χ3n) is 4.93. The minimum atomic E-state index is -3.52. The standard InChI is InChI=1S/C19H32N4O5S2/c1-14(2)29(25,26)21-17-10-12-23(13-11-17)18(24)20-15-6-8-16(9-7-15)22-30(27,28)19(3,4)5/h6-9,14,17,21-22H,10-13H2,1-5H3,(H,20,24). The molecule has 30 heavy (non-hydrogen) atoms. The predicted octanol–water partition coefficient (Wildman–Crippen LogP) is 2.55. The number of piperidine rings is 1. The van der Waals surface area contributed by atoms with E-state index in [0.29, 0.717) is 37.3 Å². The van der Waals surface area contributed by atoms with Gasteiger partial charge in [0.05, 0.1) is 10.00 Å². The van der Waals surface area contributed by atoms with Gasteiger partial charge in [0, 0.05) is 30.5 Å². The highest BCUT2D eigenvalue weighted by Gasteiger charge is 2.29. The second-order valence-corrected chi connectivity index (χ2v) is 13.4. The zero-order valence-corrected chi connectivity index (χ0v) is 19.7. The number of carbonyl (C=O) groups is 1. The number of hydrogen-bond acceptors (Lipinski definition) is 5. The number of carbonyl (C=O) groups excluding carboxylic acids is 1. The first-order valence-corrected chi connectivity index (χ1v) is 12.9. The SMILES string of the molecule is CC(C)S(=O)(=O)NC1CCN(C(=O)Nc2ccc(NS(=O)(=O)C(C)(C)C)cc2)CC1. The number of anilines is 2. The van der Waals surface area contributed by atoms with Gasteiger partial charge in [-0.15, -0.1) is 0 Å². The summed E-state index contributed by atoms with van der Waals surface area (Å²) in [5, 5.41) is 2.29. The molecule has 3 N–H and O–H groups in total. The van der Waals surface area contributed by atoms with Gasteiger partial charge < -0.3 is 10.2 Å². The van der Waals surface area contributed by atoms with Gasteiger partial charge in [-0.05, 0) is 71.7 Å². The molecule has 1 fully saturated rings. The van der Waals surface area contributed by atoms with Crippen molar-refractivity contribution in [3.63, 3.8) is 0 Å². The molecule has 0 aliphatic carbocycles. The van der Waals surface area contributed by atoms with Gasteiger partial charge in [0.25, 0.3) is 0 Å². The molecule has 11 heteroatoms. The summed E-state index contributed by atoms with van der Waals surface area (Å²) in [6.45, 7) is 8.98. The Morgan fingerprint density at radius 3 is 1.97 bits per heavy atom. The minimum absolute atomic E-state index is 0.170. The molecule has 1 saturated heterocycles. The lowest BCUT2D eigenvalue weighted by molar-refractivity contribution is 0.193. The monoisotopic (exact) mass is 460 g/mol. The lowest BCUT2D eigenvalue weighted by Gasteiger charge is -2.32. The molecule has 2 amide bonds. The molecule has 0 aromatic heterocycles. The predicted molar refractivity (Wildman–Crippen MR) is 120 cm³/mol. The van der Waals surface area contributed by atoms with E-state index in [0.717, 1.165) is 0 Å². The van der Waals surface area contributed by atoms with Crippen LogP contribution in [0.15, 0.2) is 24.3 Å². The van der Waals surface area contributed by atoms with E-state index in [1.807, 2.05) is 0 Å². The Bertz CT molecular complexity index is 944. The maximum atomic E-state index is 12.5. The van der Waals surface area contributed by atoms with Crippen molar-refractivity contribution in [2.45, 2.75) is 63.5 Å². The van der Waals surface area contributed by atoms with Crippen LogP contribution in [-0.4, -0.2) is 56.9 Å². The van der Waals surface area contributed by atoms with Crippen molar-refractivity contribution < 1.29 is 21.6 Å². The molecule has 0 unspecified atom stereocenters. The Morgan fingerprint density at radius 1 is 1.00 bits per heavy atom. The molecule has 1 aromatic carbocycles. The van der Waals surface area contributed by atoms with Crippen LogP contribution in [0.5, 0.6) is 0 Å². The van der Waals surface area contributed by atoms with Gasteiger partial charge in [-0.1, -0.05) is 0 Å². The maximum Gasteiger partial charge on any atom is 0.321 e. The lowest BCUT2D eigenvalue weighted by atomic mass is 10.1. The molecular weight excluding hydrogens is 428 g/mol. The molecule has 0 spiro atoms. The van der Waals surface area contributed by atoms with Crippen molar-refractivity contribution in [3.8, 4) is 0 Å². The van der Waals surface area contributed by atoms with Gasteiger partial charge in [-0.3, -0.25) is 4.72 Å². The maximum absolute atomic E-state index is 12.5. The van der Waals surface area contributed by atoms with Crippen LogP contribution in [0.1, 0.15) is 47.5 Å². The molecule has 170 valence electrons. The summed E-state index contributed by atoms with van der Waals surface area (Å²) in [5.74, 6) is 0. The van der Waals surface area contributed by atoms with Crippen molar-refractivity contribution >= 4 is 37.5 Å². The van der Waals surface area contributed by atoms with Crippen molar-refractivity contribution in [1.29, 1.82) is 0 Å². The number of benzene rings is 1. The van der Waals surface area contributed by atoms with Gasteiger partial charge in [-0.2, -0.15) is 0 Å². The number of rotatable bonds is 6. The molecule has 1 aliphatic heterocycles. The Hall–Kier alpha value is -1.85. The lowest BCUT2D eigenvalue weighted by Crippen LogP contribution is -2.48. The van der Waals surface area contributed by atoms with Crippen LogP contribution in [0.2, 0.25) is 0 Å². The smallest absolute Gasteiger partial charge is 0.321 e. The number of likely N-dealkylation sites (tertiary alicyclic amines) is 1. The van der Waals surface area contributed by atoms with Gasteiger partial charge in [-0.25, -0.2) is 26.4 Å². The summed E-state index contributed by atoms with van der Waals surface area (Å²) in [6, 6.07) is 5.99. The molecule has 1 aromatic rings. The first-order chi connectivity index (χ1) is 13.7. The fraction of sp³-hybridized carbons (Fsp3) is 0.632. The van der Waals surface area contributed by atoms with Crippen molar-refractivity contribution in [1.82, 2.24) is 9.62 Å². The third-order valence-corrected chi connectivity index (χ3v) is 8.95. The van der Waals surface area contributed by atoms with E-state index in [-0.39, 0.29) is 12.1 Å². The molecule has 0 saturated carbocycles. The largest absolute Gasteiger partial charge is 0.324 e. The molecular formula is C19H32N4O5S2. The normalized spacial score (nSPS) is 16.5. The molecule has 0 bridgehead atoms. The fourth-order valence-corrected chi connectivity index (χ4v) is 4.43. The van der Waals surface area contributed by atoms with Gasteiger partial charge >= 0.3 is 6.03 Å². The quantitative estimate of drug-likeness (QED) is 0.602. The summed E-state index contributed by atoms with van der Waals surface area (Å²) in [5.41, 5.74) is 0.961. The first kappa shape index (κ1) is 24.4. The van der Waals surface area contributed by atoms with Crippen LogP contribution < -0.4 is 14.8 Å². The van der Waals surface area contributed by atoms with E-state index in [1.165, 1.54) is 0 Å². The summed E-state index contributed by atoms with van der Waals surface area (Å²) in [7, 11) is -6.85. The van der Waals surface area contributed by atoms with E-state index in [1.54, 1.807) is 63.8 Å². The van der Waals surface area contributed by atoms with Crippen LogP contribution in [0.25, 0.3) is 0 Å². The van der Waals surface area contributed by atoms with Crippen molar-refractivity contribution in [3.05, 3.63) is 24.3 Å². The third kappa shape index (κ3) is 6.32. The number of urea groups is 1. The number of sulfonamides is 2. The average Bonchev–Trinajstić information content (AvgIpc) is 2.62. The Balaban J connectivity index is 1.89. The highest BCUT2D eigenvalue weighted by molar-refractivity contribution is 7.94. The highest BCUT2D eigenvalue weighted by atomic mass is 32.2. The fourth-order valence-electron chi connectivity index (χ4n) is 2.70. The molecule has 2 rings (SSSR count). The number of nitrogens with zero attached hydrogens (tertiary/aromatic N) is 1.